The van der Waals surface area contributed by atoms with Gasteiger partial charge in [-0.05, 0) is 43.0 Å². The van der Waals surface area contributed by atoms with Gasteiger partial charge >= 0.3 is 0 Å². The largest absolute Gasteiger partial charge is 0.398 e. The lowest BCUT2D eigenvalue weighted by Gasteiger charge is -2.39. The Hall–Kier alpha value is -3.65. The van der Waals surface area contributed by atoms with Crippen molar-refractivity contribution < 1.29 is 13.9 Å². The zero-order valence-electron chi connectivity index (χ0n) is 19.2. The Morgan fingerprint density at radius 3 is 2.41 bits per heavy atom. The number of aliphatic hydroxyl groups is 1. The molecule has 1 saturated heterocycles. The van der Waals surface area contributed by atoms with Gasteiger partial charge in [0.2, 0.25) is 0 Å². The van der Waals surface area contributed by atoms with Gasteiger partial charge in [-0.1, -0.05) is 36.4 Å². The fourth-order valence-corrected chi connectivity index (χ4v) is 4.21. The molecule has 3 aromatic rings. The van der Waals surface area contributed by atoms with Crippen molar-refractivity contribution in [2.24, 2.45) is 10.7 Å². The predicted octanol–water partition coefficient (Wildman–Crippen LogP) is 4.08. The van der Waals surface area contributed by atoms with Crippen molar-refractivity contribution in [3.63, 3.8) is 0 Å². The van der Waals surface area contributed by atoms with Crippen molar-refractivity contribution in [1.29, 1.82) is 0 Å². The number of benzene rings is 2. The number of nitrogens with zero attached hydrogens (tertiary/aromatic N) is 4. The Morgan fingerprint density at radius 1 is 1.06 bits per heavy atom. The highest BCUT2D eigenvalue weighted by atomic mass is 19.2. The van der Waals surface area contributed by atoms with Crippen LogP contribution in [0.3, 0.4) is 0 Å². The smallest absolute Gasteiger partial charge is 0.159 e. The zero-order valence-corrected chi connectivity index (χ0v) is 19.2. The van der Waals surface area contributed by atoms with Crippen LogP contribution in [0.25, 0.3) is 11.3 Å². The van der Waals surface area contributed by atoms with E-state index >= 15 is 0 Å². The summed E-state index contributed by atoms with van der Waals surface area (Å²) in [5, 5.41) is 11.1. The summed E-state index contributed by atoms with van der Waals surface area (Å²) in [5.74, 6) is -0.602. The van der Waals surface area contributed by atoms with Crippen molar-refractivity contribution in [1.82, 2.24) is 9.97 Å². The molecule has 1 fully saturated rings. The SMILES string of the molecule is CN=C/C(=C(\N)c1ccccc1)c1cc(N2CCC(O)(c3ccc(F)c(F)c3)CC2)nc(C)n1. The van der Waals surface area contributed by atoms with Crippen LogP contribution in [0.2, 0.25) is 0 Å². The quantitative estimate of drug-likeness (QED) is 0.557. The fraction of sp³-hybridized carbons (Fsp3) is 0.269. The number of halogens is 2. The summed E-state index contributed by atoms with van der Waals surface area (Å²) in [7, 11) is 1.68. The monoisotopic (exact) mass is 463 g/mol. The van der Waals surface area contributed by atoms with E-state index < -0.39 is 17.2 Å². The third-order valence-corrected chi connectivity index (χ3v) is 6.11. The molecule has 0 spiro atoms. The normalized spacial score (nSPS) is 16.6. The molecule has 4 rings (SSSR count). The minimum atomic E-state index is -1.23. The molecule has 0 unspecified atom stereocenters. The second-order valence-electron chi connectivity index (χ2n) is 8.39. The maximum Gasteiger partial charge on any atom is 0.159 e. The van der Waals surface area contributed by atoms with Gasteiger partial charge < -0.3 is 15.7 Å². The molecular formula is C26H27F2N5O. The Bertz CT molecular complexity index is 1240. The molecule has 0 bridgehead atoms. The van der Waals surface area contributed by atoms with E-state index in [1.165, 1.54) is 6.07 Å². The molecule has 0 saturated carbocycles. The number of hydrogen-bond acceptors (Lipinski definition) is 6. The first-order chi connectivity index (χ1) is 16.3. The average Bonchev–Trinajstić information content (AvgIpc) is 2.84. The van der Waals surface area contributed by atoms with Crippen LogP contribution in [0.5, 0.6) is 0 Å². The van der Waals surface area contributed by atoms with E-state index in [2.05, 4.69) is 15.0 Å². The molecule has 1 aliphatic rings. The Balaban J connectivity index is 1.62. The molecule has 1 aromatic heterocycles. The van der Waals surface area contributed by atoms with Gasteiger partial charge in [-0.15, -0.1) is 0 Å². The number of aromatic nitrogens is 2. The third-order valence-electron chi connectivity index (χ3n) is 6.11. The van der Waals surface area contributed by atoms with Gasteiger partial charge in [0.25, 0.3) is 0 Å². The molecule has 0 atom stereocenters. The van der Waals surface area contributed by atoms with Crippen LogP contribution in [0.15, 0.2) is 59.6 Å². The van der Waals surface area contributed by atoms with Crippen LogP contribution in [0, 0.1) is 18.6 Å². The Labute approximate surface area is 197 Å². The average molecular weight is 464 g/mol. The number of aliphatic imine (C=N–C) groups is 1. The molecule has 176 valence electrons. The number of anilines is 1. The molecule has 3 N–H and O–H groups in total. The van der Waals surface area contributed by atoms with E-state index in [4.69, 9.17) is 5.73 Å². The van der Waals surface area contributed by atoms with Gasteiger partial charge in [0.1, 0.15) is 11.6 Å². The number of piperidine rings is 1. The Kier molecular flexibility index (Phi) is 6.70. The summed E-state index contributed by atoms with van der Waals surface area (Å²) in [6, 6.07) is 15.0. The molecule has 2 aromatic carbocycles. The van der Waals surface area contributed by atoms with Crippen LogP contribution < -0.4 is 10.6 Å². The van der Waals surface area contributed by atoms with Crippen LogP contribution >= 0.6 is 0 Å². The standard InChI is InChI=1S/C26H27F2N5O/c1-17-31-23(20(16-30-2)25(29)18-6-4-3-5-7-18)15-24(32-17)33-12-10-26(34,11-13-33)19-8-9-21(27)22(28)14-19/h3-9,14-16,34H,10-13,29H2,1-2H3/b25-20+,30-16?. The summed E-state index contributed by atoms with van der Waals surface area (Å²) >= 11 is 0. The summed E-state index contributed by atoms with van der Waals surface area (Å²) < 4.78 is 27.1. The van der Waals surface area contributed by atoms with Gasteiger partial charge in [-0.3, -0.25) is 4.99 Å². The van der Waals surface area contributed by atoms with E-state index in [0.717, 1.165) is 17.7 Å². The van der Waals surface area contributed by atoms with E-state index in [-0.39, 0.29) is 0 Å². The van der Waals surface area contributed by atoms with Crippen LogP contribution in [0.1, 0.15) is 35.5 Å². The number of rotatable bonds is 5. The first-order valence-electron chi connectivity index (χ1n) is 11.1. The van der Waals surface area contributed by atoms with Gasteiger partial charge in [0.15, 0.2) is 11.6 Å². The lowest BCUT2D eigenvalue weighted by atomic mass is 9.84. The van der Waals surface area contributed by atoms with E-state index in [0.29, 0.717) is 60.1 Å². The van der Waals surface area contributed by atoms with Crippen molar-refractivity contribution in [2.75, 3.05) is 25.0 Å². The molecular weight excluding hydrogens is 436 g/mol. The first kappa shape index (κ1) is 23.5. The van der Waals surface area contributed by atoms with E-state index in [9.17, 15) is 13.9 Å². The maximum atomic E-state index is 13.7. The van der Waals surface area contributed by atoms with Crippen molar-refractivity contribution in [2.45, 2.75) is 25.4 Å². The molecule has 1 aliphatic heterocycles. The highest BCUT2D eigenvalue weighted by Gasteiger charge is 2.35. The topological polar surface area (TPSA) is 87.6 Å². The van der Waals surface area contributed by atoms with Gasteiger partial charge in [0, 0.05) is 43.7 Å². The number of nitrogens with two attached hydrogens (primary N) is 1. The van der Waals surface area contributed by atoms with E-state index in [1.54, 1.807) is 13.3 Å². The number of allylic oxidation sites excluding steroid dienone is 1. The molecule has 2 heterocycles. The molecule has 6 nitrogen and oxygen atoms in total. The molecule has 34 heavy (non-hydrogen) atoms. The maximum absolute atomic E-state index is 13.7. The molecule has 0 aliphatic carbocycles. The highest BCUT2D eigenvalue weighted by Crippen LogP contribution is 2.35. The van der Waals surface area contributed by atoms with Crippen molar-refractivity contribution >= 4 is 23.3 Å². The molecule has 0 amide bonds. The summed E-state index contributed by atoms with van der Waals surface area (Å²) in [6.45, 7) is 2.79. The minimum Gasteiger partial charge on any atom is -0.398 e. The van der Waals surface area contributed by atoms with Crippen LogP contribution in [-0.4, -0.2) is 41.4 Å². The number of aryl methyl sites for hydroxylation is 1. The predicted molar refractivity (Wildman–Crippen MR) is 130 cm³/mol. The second kappa shape index (κ2) is 9.69. The molecule has 8 heteroatoms. The zero-order chi connectivity index (χ0) is 24.3. The van der Waals surface area contributed by atoms with Crippen LogP contribution in [0.4, 0.5) is 14.6 Å². The molecule has 0 radical (unpaired) electrons. The summed E-state index contributed by atoms with van der Waals surface area (Å²) in [6.07, 6.45) is 2.38. The first-order valence-corrected chi connectivity index (χ1v) is 11.1. The highest BCUT2D eigenvalue weighted by molar-refractivity contribution is 6.18. The van der Waals surface area contributed by atoms with E-state index in [1.807, 2.05) is 48.2 Å². The van der Waals surface area contributed by atoms with Gasteiger partial charge in [-0.25, -0.2) is 18.7 Å². The second-order valence-corrected chi connectivity index (χ2v) is 8.39. The third kappa shape index (κ3) is 4.82. The fourth-order valence-electron chi connectivity index (χ4n) is 4.21. The Morgan fingerprint density at radius 2 is 1.76 bits per heavy atom. The van der Waals surface area contributed by atoms with Gasteiger partial charge in [-0.2, -0.15) is 0 Å². The lowest BCUT2D eigenvalue weighted by Crippen LogP contribution is -2.43. The summed E-state index contributed by atoms with van der Waals surface area (Å²) in [5.41, 5.74) is 8.40. The van der Waals surface area contributed by atoms with Crippen LogP contribution in [-0.2, 0) is 5.60 Å². The summed E-state index contributed by atoms with van der Waals surface area (Å²) in [4.78, 5) is 15.4. The van der Waals surface area contributed by atoms with Gasteiger partial charge in [0.05, 0.1) is 11.3 Å². The van der Waals surface area contributed by atoms with Crippen molar-refractivity contribution in [3.8, 4) is 0 Å². The van der Waals surface area contributed by atoms with Crippen molar-refractivity contribution in [3.05, 3.63) is 88.9 Å². The minimum absolute atomic E-state index is 0.349. The lowest BCUT2D eigenvalue weighted by molar-refractivity contribution is 0.0113. The number of hydrogen-bond donors (Lipinski definition) is 2.